The Hall–Kier alpha value is -1.43. The summed E-state index contributed by atoms with van der Waals surface area (Å²) in [6, 6.07) is 9.00. The molecule has 4 rings (SSSR count). The summed E-state index contributed by atoms with van der Waals surface area (Å²) >= 11 is 3.52. The molecule has 21 heavy (non-hydrogen) atoms. The van der Waals surface area contributed by atoms with Crippen LogP contribution in [0, 0.1) is 0 Å². The smallest absolute Gasteiger partial charge is 0.236 e. The van der Waals surface area contributed by atoms with Crippen molar-refractivity contribution in [1.29, 1.82) is 0 Å². The summed E-state index contributed by atoms with van der Waals surface area (Å²) in [6.45, 7) is 2.02. The first-order chi connectivity index (χ1) is 10.4. The van der Waals surface area contributed by atoms with Crippen molar-refractivity contribution in [3.8, 4) is 10.8 Å². The fraction of sp³-hybridized carbons (Fsp3) is 0.312. The van der Waals surface area contributed by atoms with Gasteiger partial charge in [0.2, 0.25) is 5.89 Å². The third-order valence-corrected chi connectivity index (χ3v) is 5.72. The van der Waals surface area contributed by atoms with E-state index in [2.05, 4.69) is 27.4 Å². The molecular weight excluding hydrogens is 300 g/mol. The lowest BCUT2D eigenvalue weighted by molar-refractivity contribution is 0.248. The van der Waals surface area contributed by atoms with Crippen molar-refractivity contribution in [3.05, 3.63) is 51.9 Å². The van der Waals surface area contributed by atoms with E-state index in [0.29, 0.717) is 6.04 Å². The molecule has 0 N–H and O–H groups in total. The molecular formula is C16H16N2OS2. The van der Waals surface area contributed by atoms with Gasteiger partial charge >= 0.3 is 0 Å². The number of hydrogen-bond donors (Lipinski definition) is 0. The summed E-state index contributed by atoms with van der Waals surface area (Å²) in [7, 11) is 0. The molecule has 0 aliphatic carbocycles. The molecule has 1 aliphatic heterocycles. The number of hydrogen-bond acceptors (Lipinski definition) is 5. The van der Waals surface area contributed by atoms with Crippen LogP contribution in [0.25, 0.3) is 10.8 Å². The molecule has 0 amide bonds. The maximum Gasteiger partial charge on any atom is 0.236 e. The van der Waals surface area contributed by atoms with Crippen molar-refractivity contribution < 1.29 is 4.42 Å². The number of likely N-dealkylation sites (tertiary alicyclic amines) is 1. The molecule has 1 atom stereocenters. The molecule has 0 bridgehead atoms. The zero-order chi connectivity index (χ0) is 14.1. The van der Waals surface area contributed by atoms with E-state index >= 15 is 0 Å². The Labute approximate surface area is 131 Å². The van der Waals surface area contributed by atoms with Gasteiger partial charge in [-0.15, -0.1) is 22.7 Å². The highest BCUT2D eigenvalue weighted by Gasteiger charge is 2.27. The lowest BCUT2D eigenvalue weighted by Crippen LogP contribution is -2.22. The van der Waals surface area contributed by atoms with E-state index in [1.807, 2.05) is 28.8 Å². The summed E-state index contributed by atoms with van der Waals surface area (Å²) in [5.41, 5.74) is 1.03. The van der Waals surface area contributed by atoms with Gasteiger partial charge in [0, 0.05) is 17.5 Å². The minimum atomic E-state index is 0.548. The molecule has 1 aliphatic rings. The Morgan fingerprint density at radius 1 is 1.24 bits per heavy atom. The van der Waals surface area contributed by atoms with Crippen molar-refractivity contribution in [2.75, 3.05) is 6.54 Å². The summed E-state index contributed by atoms with van der Waals surface area (Å²) in [5.74, 6) is 0.742. The van der Waals surface area contributed by atoms with Gasteiger partial charge in [0.1, 0.15) is 6.26 Å². The standard InChI is InChI=1S/C16H16N2OS2/c1-4-13(14-5-2-8-20-14)18(7-1)10-12-11-19-16(17-12)15-6-3-9-21-15/h2-3,5-6,8-9,11,13H,1,4,7,10H2. The van der Waals surface area contributed by atoms with Crippen LogP contribution in [0.2, 0.25) is 0 Å². The monoisotopic (exact) mass is 316 g/mol. The van der Waals surface area contributed by atoms with Crippen LogP contribution in [0.4, 0.5) is 0 Å². The van der Waals surface area contributed by atoms with Gasteiger partial charge in [-0.1, -0.05) is 12.1 Å². The van der Waals surface area contributed by atoms with E-state index in [1.54, 1.807) is 17.6 Å². The molecule has 1 saturated heterocycles. The zero-order valence-corrected chi connectivity index (χ0v) is 13.2. The molecule has 5 heteroatoms. The molecule has 3 aromatic heterocycles. The van der Waals surface area contributed by atoms with Crippen molar-refractivity contribution in [1.82, 2.24) is 9.88 Å². The SMILES string of the molecule is c1csc(-c2nc(CN3CCCC3c3cccs3)co2)c1. The van der Waals surface area contributed by atoms with Crippen LogP contribution in [-0.2, 0) is 6.54 Å². The van der Waals surface area contributed by atoms with Gasteiger partial charge in [0.25, 0.3) is 0 Å². The first-order valence-electron chi connectivity index (χ1n) is 7.16. The summed E-state index contributed by atoms with van der Waals surface area (Å²) in [5, 5.41) is 4.21. The van der Waals surface area contributed by atoms with Crippen LogP contribution in [0.15, 0.2) is 45.7 Å². The molecule has 1 unspecified atom stereocenters. The molecule has 4 heterocycles. The van der Waals surface area contributed by atoms with Crippen molar-refractivity contribution in [3.63, 3.8) is 0 Å². The average molecular weight is 316 g/mol. The highest BCUT2D eigenvalue weighted by Crippen LogP contribution is 2.35. The normalized spacial score (nSPS) is 19.3. The second-order valence-electron chi connectivity index (χ2n) is 5.27. The molecule has 3 nitrogen and oxygen atoms in total. The highest BCUT2D eigenvalue weighted by atomic mass is 32.1. The molecule has 0 radical (unpaired) electrons. The third kappa shape index (κ3) is 2.69. The minimum absolute atomic E-state index is 0.548. The van der Waals surface area contributed by atoms with Crippen LogP contribution >= 0.6 is 22.7 Å². The number of oxazole rings is 1. The van der Waals surface area contributed by atoms with Crippen LogP contribution in [0.1, 0.15) is 29.5 Å². The number of thiophene rings is 2. The number of rotatable bonds is 4. The van der Waals surface area contributed by atoms with Gasteiger partial charge < -0.3 is 4.42 Å². The van der Waals surface area contributed by atoms with Crippen LogP contribution in [-0.4, -0.2) is 16.4 Å². The maximum absolute atomic E-state index is 5.62. The molecule has 1 fully saturated rings. The van der Waals surface area contributed by atoms with E-state index < -0.39 is 0 Å². The maximum atomic E-state index is 5.62. The van der Waals surface area contributed by atoms with Gasteiger partial charge in [0.15, 0.2) is 0 Å². The van der Waals surface area contributed by atoms with Gasteiger partial charge in [-0.2, -0.15) is 0 Å². The average Bonchev–Trinajstić information content (AvgIpc) is 3.28. The van der Waals surface area contributed by atoms with Crippen molar-refractivity contribution in [2.45, 2.75) is 25.4 Å². The molecule has 0 spiro atoms. The van der Waals surface area contributed by atoms with Crippen molar-refractivity contribution in [2.24, 2.45) is 0 Å². The summed E-state index contributed by atoms with van der Waals surface area (Å²) < 4.78 is 5.62. The fourth-order valence-electron chi connectivity index (χ4n) is 2.92. The van der Waals surface area contributed by atoms with Gasteiger partial charge in [-0.25, -0.2) is 4.98 Å². The highest BCUT2D eigenvalue weighted by molar-refractivity contribution is 7.13. The first-order valence-corrected chi connectivity index (χ1v) is 8.92. The number of nitrogens with zero attached hydrogens (tertiary/aromatic N) is 2. The van der Waals surface area contributed by atoms with Crippen LogP contribution in [0.3, 0.4) is 0 Å². The lowest BCUT2D eigenvalue weighted by Gasteiger charge is -2.22. The Morgan fingerprint density at radius 2 is 2.14 bits per heavy atom. The van der Waals surface area contributed by atoms with Gasteiger partial charge in [-0.3, -0.25) is 4.90 Å². The molecule has 0 saturated carbocycles. The van der Waals surface area contributed by atoms with Crippen molar-refractivity contribution >= 4 is 22.7 Å². The molecule has 3 aromatic rings. The van der Waals surface area contributed by atoms with E-state index in [4.69, 9.17) is 4.42 Å². The van der Waals surface area contributed by atoms with Crippen LogP contribution < -0.4 is 0 Å². The lowest BCUT2D eigenvalue weighted by atomic mass is 10.2. The zero-order valence-electron chi connectivity index (χ0n) is 11.6. The second kappa shape index (κ2) is 5.75. The predicted octanol–water partition coefficient (Wildman–Crippen LogP) is 4.80. The topological polar surface area (TPSA) is 29.3 Å². The molecule has 0 aromatic carbocycles. The Morgan fingerprint density at radius 3 is 2.95 bits per heavy atom. The summed E-state index contributed by atoms with van der Waals surface area (Å²) in [4.78, 5) is 9.72. The van der Waals surface area contributed by atoms with Crippen LogP contribution in [0.5, 0.6) is 0 Å². The Balaban J connectivity index is 1.51. The van der Waals surface area contributed by atoms with E-state index in [9.17, 15) is 0 Å². The quantitative estimate of drug-likeness (QED) is 0.692. The van der Waals surface area contributed by atoms with Gasteiger partial charge in [0.05, 0.1) is 10.6 Å². The number of aromatic nitrogens is 1. The Bertz CT molecular complexity index is 688. The summed E-state index contributed by atoms with van der Waals surface area (Å²) in [6.07, 6.45) is 4.31. The van der Waals surface area contributed by atoms with E-state index in [1.165, 1.54) is 17.7 Å². The first kappa shape index (κ1) is 13.2. The Kier molecular flexibility index (Phi) is 3.63. The predicted molar refractivity (Wildman–Crippen MR) is 86.5 cm³/mol. The minimum Gasteiger partial charge on any atom is -0.444 e. The van der Waals surface area contributed by atoms with Gasteiger partial charge in [-0.05, 0) is 42.3 Å². The van der Waals surface area contributed by atoms with E-state index in [0.717, 1.165) is 29.6 Å². The van der Waals surface area contributed by atoms with E-state index in [-0.39, 0.29) is 0 Å². The molecule has 108 valence electrons. The second-order valence-corrected chi connectivity index (χ2v) is 7.19. The largest absolute Gasteiger partial charge is 0.444 e. The third-order valence-electron chi connectivity index (χ3n) is 3.88. The fourth-order valence-corrected chi connectivity index (χ4v) is 4.47.